The van der Waals surface area contributed by atoms with E-state index in [0.717, 1.165) is 6.42 Å². The number of sulfonamides is 1. The Hall–Kier alpha value is 0.160. The first-order chi connectivity index (χ1) is 9.71. The molecule has 2 fully saturated rings. The minimum absolute atomic E-state index is 0.101. The standard InChI is InChI=1S/C14H23Cl2NO3S/c1-13(2)11-3-4-14(13,12(18)9-11)10-21(19,20)17(7-5-15)8-6-16/h11H,3-10H2,1-2H3/t11?,14-/m1/s1. The maximum Gasteiger partial charge on any atom is 0.215 e. The lowest BCUT2D eigenvalue weighted by Gasteiger charge is -2.37. The molecule has 0 aromatic carbocycles. The van der Waals surface area contributed by atoms with Crippen molar-refractivity contribution in [2.24, 2.45) is 16.7 Å². The van der Waals surface area contributed by atoms with Gasteiger partial charge in [0.15, 0.2) is 0 Å². The fourth-order valence-corrected chi connectivity index (χ4v) is 6.92. The van der Waals surface area contributed by atoms with Crippen LogP contribution in [-0.4, -0.2) is 49.1 Å². The summed E-state index contributed by atoms with van der Waals surface area (Å²) < 4.78 is 26.8. The van der Waals surface area contributed by atoms with Gasteiger partial charge < -0.3 is 0 Å². The van der Waals surface area contributed by atoms with Crippen molar-refractivity contribution < 1.29 is 13.2 Å². The zero-order valence-electron chi connectivity index (χ0n) is 12.6. The minimum Gasteiger partial charge on any atom is -0.299 e. The number of hydrogen-bond donors (Lipinski definition) is 0. The molecule has 1 unspecified atom stereocenters. The maximum atomic E-state index is 12.7. The van der Waals surface area contributed by atoms with Crippen molar-refractivity contribution in [2.45, 2.75) is 33.1 Å². The summed E-state index contributed by atoms with van der Waals surface area (Å²) in [6, 6.07) is 0. The van der Waals surface area contributed by atoms with Crippen molar-refractivity contribution in [3.8, 4) is 0 Å². The first-order valence-corrected chi connectivity index (χ1v) is 10.0. The van der Waals surface area contributed by atoms with Gasteiger partial charge in [0.2, 0.25) is 10.0 Å². The number of fused-ring (bicyclic) bond motifs is 2. The zero-order valence-corrected chi connectivity index (χ0v) is 14.9. The van der Waals surface area contributed by atoms with Crippen molar-refractivity contribution in [2.75, 3.05) is 30.6 Å². The third kappa shape index (κ3) is 2.75. The van der Waals surface area contributed by atoms with Gasteiger partial charge >= 0.3 is 0 Å². The Labute approximate surface area is 137 Å². The number of carbonyl (C=O) groups is 1. The summed E-state index contributed by atoms with van der Waals surface area (Å²) in [5.74, 6) is 0.779. The predicted octanol–water partition coefficient (Wildman–Crippen LogP) is 2.49. The third-order valence-corrected chi connectivity index (χ3v) is 7.98. The Morgan fingerprint density at radius 2 is 1.81 bits per heavy atom. The monoisotopic (exact) mass is 355 g/mol. The van der Waals surface area contributed by atoms with Gasteiger partial charge in [0.05, 0.1) is 5.75 Å². The Morgan fingerprint density at radius 3 is 2.19 bits per heavy atom. The molecule has 7 heteroatoms. The quantitative estimate of drug-likeness (QED) is 0.659. The summed E-state index contributed by atoms with van der Waals surface area (Å²) in [7, 11) is -3.53. The van der Waals surface area contributed by atoms with E-state index in [4.69, 9.17) is 23.2 Å². The number of alkyl halides is 2. The van der Waals surface area contributed by atoms with Gasteiger partial charge in [-0.1, -0.05) is 13.8 Å². The first-order valence-electron chi connectivity index (χ1n) is 7.34. The van der Waals surface area contributed by atoms with E-state index in [1.807, 2.05) is 13.8 Å². The first kappa shape index (κ1) is 17.5. The average molecular weight is 356 g/mol. The zero-order chi connectivity index (χ0) is 15.9. The average Bonchev–Trinajstić information content (AvgIpc) is 2.72. The molecule has 2 rings (SSSR count). The second-order valence-corrected chi connectivity index (χ2v) is 9.42. The summed E-state index contributed by atoms with van der Waals surface area (Å²) in [5, 5.41) is 0. The molecule has 2 saturated carbocycles. The number of ketones is 1. The lowest BCUT2D eigenvalue weighted by molar-refractivity contribution is -0.128. The van der Waals surface area contributed by atoms with Crippen LogP contribution in [0, 0.1) is 16.7 Å². The Bertz CT molecular complexity index is 514. The molecule has 2 atom stereocenters. The molecule has 0 heterocycles. The molecular weight excluding hydrogens is 333 g/mol. The topological polar surface area (TPSA) is 54.5 Å². The number of carbonyl (C=O) groups excluding carboxylic acids is 1. The third-order valence-electron chi connectivity index (χ3n) is 5.63. The van der Waals surface area contributed by atoms with E-state index in [9.17, 15) is 13.2 Å². The molecule has 21 heavy (non-hydrogen) atoms. The van der Waals surface area contributed by atoms with E-state index in [1.54, 1.807) is 0 Å². The van der Waals surface area contributed by atoms with Crippen LogP contribution in [0.5, 0.6) is 0 Å². The molecule has 0 saturated heterocycles. The summed E-state index contributed by atoms with van der Waals surface area (Å²) >= 11 is 11.4. The van der Waals surface area contributed by atoms with Crippen molar-refractivity contribution in [1.82, 2.24) is 4.31 Å². The van der Waals surface area contributed by atoms with Crippen LogP contribution >= 0.6 is 23.2 Å². The van der Waals surface area contributed by atoms with Crippen LogP contribution in [0.15, 0.2) is 0 Å². The molecule has 122 valence electrons. The number of halogens is 2. The van der Waals surface area contributed by atoms with Gasteiger partial charge in [-0.2, -0.15) is 4.31 Å². The number of nitrogens with zero attached hydrogens (tertiary/aromatic N) is 1. The van der Waals surface area contributed by atoms with E-state index in [-0.39, 0.29) is 41.8 Å². The van der Waals surface area contributed by atoms with Gasteiger partial charge in [-0.3, -0.25) is 4.79 Å². The lowest BCUT2D eigenvalue weighted by Crippen LogP contribution is -2.47. The van der Waals surface area contributed by atoms with Crippen molar-refractivity contribution in [3.63, 3.8) is 0 Å². The Balaban J connectivity index is 2.28. The number of hydrogen-bond acceptors (Lipinski definition) is 3. The molecule has 0 amide bonds. The molecule has 0 aliphatic heterocycles. The van der Waals surface area contributed by atoms with Crippen LogP contribution in [0.1, 0.15) is 33.1 Å². The SMILES string of the molecule is CC1(C)C2CC[C@@]1(CS(=O)(=O)N(CCCl)CCCl)C(=O)C2. The highest BCUT2D eigenvalue weighted by atomic mass is 35.5. The van der Waals surface area contributed by atoms with Gasteiger partial charge in [0.25, 0.3) is 0 Å². The van der Waals surface area contributed by atoms with Crippen LogP contribution in [0.4, 0.5) is 0 Å². The lowest BCUT2D eigenvalue weighted by atomic mass is 9.70. The van der Waals surface area contributed by atoms with Crippen molar-refractivity contribution in [3.05, 3.63) is 0 Å². The summed E-state index contributed by atoms with van der Waals surface area (Å²) in [4.78, 5) is 12.5. The molecule has 0 aromatic heterocycles. The highest BCUT2D eigenvalue weighted by Crippen LogP contribution is 2.64. The van der Waals surface area contributed by atoms with Crippen LogP contribution in [-0.2, 0) is 14.8 Å². The van der Waals surface area contributed by atoms with Crippen LogP contribution in [0.2, 0.25) is 0 Å². The molecule has 0 N–H and O–H groups in total. The Morgan fingerprint density at radius 1 is 1.24 bits per heavy atom. The molecule has 2 bridgehead atoms. The maximum absolute atomic E-state index is 12.7. The van der Waals surface area contributed by atoms with Crippen LogP contribution in [0.25, 0.3) is 0 Å². The second-order valence-electron chi connectivity index (χ2n) is 6.70. The van der Waals surface area contributed by atoms with E-state index in [1.165, 1.54) is 4.31 Å². The van der Waals surface area contributed by atoms with E-state index in [2.05, 4.69) is 0 Å². The van der Waals surface area contributed by atoms with Crippen LogP contribution < -0.4 is 0 Å². The summed E-state index contributed by atoms with van der Waals surface area (Å²) in [6.07, 6.45) is 2.14. The molecule has 0 radical (unpaired) electrons. The largest absolute Gasteiger partial charge is 0.299 e. The smallest absolute Gasteiger partial charge is 0.215 e. The van der Waals surface area contributed by atoms with Crippen LogP contribution in [0.3, 0.4) is 0 Å². The van der Waals surface area contributed by atoms with Gasteiger partial charge in [-0.25, -0.2) is 8.42 Å². The van der Waals surface area contributed by atoms with E-state index >= 15 is 0 Å². The fourth-order valence-electron chi connectivity index (χ4n) is 4.09. The van der Waals surface area contributed by atoms with Gasteiger partial charge in [-0.15, -0.1) is 23.2 Å². The molecule has 0 spiro atoms. The summed E-state index contributed by atoms with van der Waals surface area (Å²) in [5.41, 5.74) is -0.974. The minimum atomic E-state index is -3.53. The molecular formula is C14H23Cl2NO3S. The normalized spacial score (nSPS) is 31.3. The van der Waals surface area contributed by atoms with E-state index < -0.39 is 15.4 Å². The highest BCUT2D eigenvalue weighted by molar-refractivity contribution is 7.89. The van der Waals surface area contributed by atoms with E-state index in [0.29, 0.717) is 18.8 Å². The van der Waals surface area contributed by atoms with Crippen molar-refractivity contribution >= 4 is 39.0 Å². The van der Waals surface area contributed by atoms with Crippen molar-refractivity contribution in [1.29, 1.82) is 0 Å². The second kappa shape index (κ2) is 5.99. The van der Waals surface area contributed by atoms with Gasteiger partial charge in [-0.05, 0) is 24.2 Å². The number of Topliss-reactive ketones (excluding diaryl/α,β-unsaturated/α-hetero) is 1. The molecule has 2 aliphatic rings. The highest BCUT2D eigenvalue weighted by Gasteiger charge is 2.65. The van der Waals surface area contributed by atoms with Gasteiger partial charge in [0.1, 0.15) is 5.78 Å². The molecule has 0 aromatic rings. The van der Waals surface area contributed by atoms with Gasteiger partial charge in [0, 0.05) is 36.7 Å². The summed E-state index contributed by atoms with van der Waals surface area (Å²) in [6.45, 7) is 4.56. The molecule has 4 nitrogen and oxygen atoms in total. The Kier molecular flexibility index (Phi) is 4.99. The fraction of sp³-hybridized carbons (Fsp3) is 0.929. The number of rotatable bonds is 7. The molecule has 2 aliphatic carbocycles. The predicted molar refractivity (Wildman–Crippen MR) is 85.4 cm³/mol.